The third-order valence-electron chi connectivity index (χ3n) is 4.93. The summed E-state index contributed by atoms with van der Waals surface area (Å²) in [5, 5.41) is 14.7. The molecule has 26 heavy (non-hydrogen) atoms. The molecule has 0 aliphatic heterocycles. The summed E-state index contributed by atoms with van der Waals surface area (Å²) in [7, 11) is 0. The summed E-state index contributed by atoms with van der Waals surface area (Å²) in [6, 6.07) is 0.629. The molecule has 1 heterocycles. The van der Waals surface area contributed by atoms with Crippen LogP contribution in [0.3, 0.4) is 0 Å². The Morgan fingerprint density at radius 1 is 1.38 bits per heavy atom. The first-order valence-electron chi connectivity index (χ1n) is 10.1. The van der Waals surface area contributed by atoms with E-state index in [2.05, 4.69) is 48.5 Å². The van der Waals surface area contributed by atoms with Crippen LogP contribution in [0.15, 0.2) is 6.33 Å². The van der Waals surface area contributed by atoms with E-state index in [0.717, 1.165) is 44.7 Å². The van der Waals surface area contributed by atoms with Crippen molar-refractivity contribution in [3.8, 4) is 0 Å². The van der Waals surface area contributed by atoms with E-state index in [1.807, 2.05) is 4.57 Å². The van der Waals surface area contributed by atoms with Gasteiger partial charge in [-0.3, -0.25) is 4.79 Å². The van der Waals surface area contributed by atoms with Crippen molar-refractivity contribution in [2.75, 3.05) is 13.2 Å². The number of aryl methyl sites for hydroxylation is 1. The van der Waals surface area contributed by atoms with Crippen molar-refractivity contribution in [1.82, 2.24) is 25.4 Å². The Hall–Kier alpha value is -1.47. The van der Waals surface area contributed by atoms with Crippen LogP contribution in [0.25, 0.3) is 0 Å². The number of nitrogens with one attached hydrogen (secondary N) is 2. The van der Waals surface area contributed by atoms with E-state index >= 15 is 0 Å². The molecule has 1 aromatic rings. The van der Waals surface area contributed by atoms with Crippen LogP contribution >= 0.6 is 0 Å². The summed E-state index contributed by atoms with van der Waals surface area (Å²) in [6.07, 6.45) is 6.35. The third kappa shape index (κ3) is 6.06. The average Bonchev–Trinajstić information content (AvgIpc) is 3.07. The minimum absolute atomic E-state index is 0.0526. The predicted octanol–water partition coefficient (Wildman–Crippen LogP) is 1.92. The number of hydrogen-bond donors (Lipinski definition) is 2. The van der Waals surface area contributed by atoms with Crippen LogP contribution in [0.5, 0.6) is 0 Å². The molecular formula is C19H35N5O2. The maximum absolute atomic E-state index is 12.6. The van der Waals surface area contributed by atoms with Gasteiger partial charge in [0.2, 0.25) is 5.91 Å². The lowest BCUT2D eigenvalue weighted by Crippen LogP contribution is -2.50. The Bertz CT molecular complexity index is 546. The molecule has 0 aromatic carbocycles. The summed E-state index contributed by atoms with van der Waals surface area (Å²) in [6.45, 7) is 10.7. The molecule has 7 nitrogen and oxygen atoms in total. The SMILES string of the molecule is CCCO[C@@H]1CC[C@H](C(=O)NCCc2nncn2CC)C[C@H]1NC(C)C. The number of carbonyl (C=O) groups excluding carboxylic acids is 1. The van der Waals surface area contributed by atoms with E-state index in [-0.39, 0.29) is 24.0 Å². The second-order valence-electron chi connectivity index (χ2n) is 7.42. The number of nitrogens with zero attached hydrogens (tertiary/aromatic N) is 3. The fourth-order valence-corrected chi connectivity index (χ4v) is 3.63. The molecule has 1 fully saturated rings. The molecule has 0 bridgehead atoms. The smallest absolute Gasteiger partial charge is 0.223 e. The first-order valence-corrected chi connectivity index (χ1v) is 10.1. The lowest BCUT2D eigenvalue weighted by atomic mass is 9.82. The molecule has 0 radical (unpaired) electrons. The van der Waals surface area contributed by atoms with Crippen LogP contribution in [0, 0.1) is 5.92 Å². The molecule has 1 saturated carbocycles. The van der Waals surface area contributed by atoms with Gasteiger partial charge in [-0.1, -0.05) is 20.8 Å². The van der Waals surface area contributed by atoms with Gasteiger partial charge in [0.25, 0.3) is 0 Å². The van der Waals surface area contributed by atoms with Gasteiger partial charge in [-0.25, -0.2) is 0 Å². The predicted molar refractivity (Wildman–Crippen MR) is 102 cm³/mol. The largest absolute Gasteiger partial charge is 0.377 e. The molecule has 1 aliphatic carbocycles. The third-order valence-corrected chi connectivity index (χ3v) is 4.93. The minimum Gasteiger partial charge on any atom is -0.377 e. The molecule has 7 heteroatoms. The van der Waals surface area contributed by atoms with Gasteiger partial charge in [0, 0.05) is 44.1 Å². The fourth-order valence-electron chi connectivity index (χ4n) is 3.63. The van der Waals surface area contributed by atoms with Gasteiger partial charge in [-0.05, 0) is 32.6 Å². The zero-order chi connectivity index (χ0) is 18.9. The number of aromatic nitrogens is 3. The molecule has 0 unspecified atom stereocenters. The molecule has 2 rings (SSSR count). The second kappa shape index (κ2) is 10.6. The molecule has 0 spiro atoms. The first kappa shape index (κ1) is 20.8. The Labute approximate surface area is 157 Å². The Balaban J connectivity index is 1.82. The highest BCUT2D eigenvalue weighted by Gasteiger charge is 2.34. The highest BCUT2D eigenvalue weighted by molar-refractivity contribution is 5.78. The van der Waals surface area contributed by atoms with E-state index in [9.17, 15) is 4.79 Å². The number of hydrogen-bond acceptors (Lipinski definition) is 5. The second-order valence-corrected chi connectivity index (χ2v) is 7.42. The number of amides is 1. The normalized spacial score (nSPS) is 23.3. The van der Waals surface area contributed by atoms with Gasteiger partial charge in [0.1, 0.15) is 12.2 Å². The van der Waals surface area contributed by atoms with E-state index in [1.54, 1.807) is 6.33 Å². The van der Waals surface area contributed by atoms with Gasteiger partial charge in [0.05, 0.1) is 6.10 Å². The average molecular weight is 366 g/mol. The lowest BCUT2D eigenvalue weighted by Gasteiger charge is -2.37. The number of ether oxygens (including phenoxy) is 1. The van der Waals surface area contributed by atoms with Crippen LogP contribution in [0.2, 0.25) is 0 Å². The van der Waals surface area contributed by atoms with E-state index in [1.165, 1.54) is 0 Å². The topological polar surface area (TPSA) is 81.1 Å². The number of rotatable bonds is 10. The van der Waals surface area contributed by atoms with Crippen molar-refractivity contribution in [3.05, 3.63) is 12.2 Å². The lowest BCUT2D eigenvalue weighted by molar-refractivity contribution is -0.127. The molecule has 148 valence electrons. The minimum atomic E-state index is 0.0526. The Kier molecular flexibility index (Phi) is 8.51. The highest BCUT2D eigenvalue weighted by Crippen LogP contribution is 2.27. The standard InChI is InChI=1S/C19H35N5O2/c1-5-11-26-17-8-7-15(12-16(17)22-14(3)4)19(25)20-10-9-18-23-21-13-24(18)6-2/h13-17,22H,5-12H2,1-4H3,(H,20,25)/t15-,16+,17+/m0/s1. The van der Waals surface area contributed by atoms with Crippen molar-refractivity contribution in [1.29, 1.82) is 0 Å². The summed E-state index contributed by atoms with van der Waals surface area (Å²) in [4.78, 5) is 12.6. The summed E-state index contributed by atoms with van der Waals surface area (Å²) in [5.74, 6) is 1.12. The summed E-state index contributed by atoms with van der Waals surface area (Å²) < 4.78 is 8.02. The Morgan fingerprint density at radius 3 is 2.88 bits per heavy atom. The Morgan fingerprint density at radius 2 is 2.19 bits per heavy atom. The quantitative estimate of drug-likeness (QED) is 0.662. The van der Waals surface area contributed by atoms with Crippen molar-refractivity contribution in [3.63, 3.8) is 0 Å². The molecule has 1 amide bonds. The van der Waals surface area contributed by atoms with E-state index in [4.69, 9.17) is 4.74 Å². The van der Waals surface area contributed by atoms with E-state index in [0.29, 0.717) is 19.0 Å². The van der Waals surface area contributed by atoms with Crippen LogP contribution in [-0.4, -0.2) is 52.0 Å². The zero-order valence-corrected chi connectivity index (χ0v) is 16.7. The van der Waals surface area contributed by atoms with Crippen molar-refractivity contribution in [2.24, 2.45) is 5.92 Å². The molecule has 0 saturated heterocycles. The van der Waals surface area contributed by atoms with Gasteiger partial charge >= 0.3 is 0 Å². The van der Waals surface area contributed by atoms with E-state index < -0.39 is 0 Å². The zero-order valence-electron chi connectivity index (χ0n) is 16.7. The van der Waals surface area contributed by atoms with Crippen molar-refractivity contribution >= 4 is 5.91 Å². The molecule has 3 atom stereocenters. The van der Waals surface area contributed by atoms with Gasteiger partial charge in [-0.15, -0.1) is 10.2 Å². The van der Waals surface area contributed by atoms with Crippen LogP contribution in [0.1, 0.15) is 59.2 Å². The van der Waals surface area contributed by atoms with Crippen LogP contribution in [0.4, 0.5) is 0 Å². The molecule has 2 N–H and O–H groups in total. The number of carbonyl (C=O) groups is 1. The van der Waals surface area contributed by atoms with Gasteiger partial charge in [-0.2, -0.15) is 0 Å². The maximum Gasteiger partial charge on any atom is 0.223 e. The van der Waals surface area contributed by atoms with Crippen molar-refractivity contribution < 1.29 is 9.53 Å². The maximum atomic E-state index is 12.6. The monoisotopic (exact) mass is 365 g/mol. The fraction of sp³-hybridized carbons (Fsp3) is 0.842. The highest BCUT2D eigenvalue weighted by atomic mass is 16.5. The summed E-state index contributed by atoms with van der Waals surface area (Å²) in [5.41, 5.74) is 0. The van der Waals surface area contributed by atoms with Crippen LogP contribution < -0.4 is 10.6 Å². The van der Waals surface area contributed by atoms with Crippen LogP contribution in [-0.2, 0) is 22.5 Å². The first-order chi connectivity index (χ1) is 12.5. The molecular weight excluding hydrogens is 330 g/mol. The van der Waals surface area contributed by atoms with Gasteiger partial charge < -0.3 is 19.9 Å². The summed E-state index contributed by atoms with van der Waals surface area (Å²) >= 11 is 0. The van der Waals surface area contributed by atoms with Gasteiger partial charge in [0.15, 0.2) is 0 Å². The van der Waals surface area contributed by atoms with Crippen molar-refractivity contribution in [2.45, 2.75) is 84.5 Å². The molecule has 1 aromatic heterocycles. The molecule has 1 aliphatic rings.